The van der Waals surface area contributed by atoms with Gasteiger partial charge in [0.2, 0.25) is 5.88 Å². The minimum Gasteiger partial charge on any atom is -0.480 e. The molecule has 0 bridgehead atoms. The molecule has 2 aromatic rings. The van der Waals surface area contributed by atoms with Crippen LogP contribution in [0.5, 0.6) is 5.88 Å². The lowest BCUT2D eigenvalue weighted by Gasteiger charge is -2.16. The summed E-state index contributed by atoms with van der Waals surface area (Å²) < 4.78 is 18.3. The lowest BCUT2D eigenvalue weighted by molar-refractivity contribution is 0.399. The van der Waals surface area contributed by atoms with Crippen LogP contribution in [0.3, 0.4) is 0 Å². The highest BCUT2D eigenvalue weighted by molar-refractivity contribution is 5.52. The summed E-state index contributed by atoms with van der Waals surface area (Å²) in [6.07, 6.45) is 2.41. The molecular formula is C15H17FN2O. The van der Waals surface area contributed by atoms with Crippen molar-refractivity contribution in [1.82, 2.24) is 4.98 Å². The second kappa shape index (κ2) is 6.18. The fraction of sp³-hybridized carbons (Fsp3) is 0.267. The van der Waals surface area contributed by atoms with Crippen LogP contribution in [0.15, 0.2) is 42.6 Å². The average molecular weight is 260 g/mol. The van der Waals surface area contributed by atoms with Gasteiger partial charge in [-0.1, -0.05) is 12.1 Å². The van der Waals surface area contributed by atoms with Crippen LogP contribution >= 0.6 is 0 Å². The predicted molar refractivity (Wildman–Crippen MR) is 74.0 cm³/mol. The molecule has 3 nitrogen and oxygen atoms in total. The van der Waals surface area contributed by atoms with Gasteiger partial charge < -0.3 is 10.1 Å². The van der Waals surface area contributed by atoms with E-state index in [1.807, 2.05) is 25.1 Å². The molecule has 0 aliphatic carbocycles. The zero-order chi connectivity index (χ0) is 13.7. The number of nitrogens with zero attached hydrogens (tertiary/aromatic N) is 1. The van der Waals surface area contributed by atoms with Crippen LogP contribution in [-0.2, 0) is 6.42 Å². The molecule has 0 aliphatic rings. The molecule has 0 saturated heterocycles. The van der Waals surface area contributed by atoms with E-state index < -0.39 is 0 Å². The topological polar surface area (TPSA) is 34.1 Å². The highest BCUT2D eigenvalue weighted by Gasteiger charge is 2.08. The molecule has 19 heavy (non-hydrogen) atoms. The molecule has 0 aliphatic heterocycles. The summed E-state index contributed by atoms with van der Waals surface area (Å²) >= 11 is 0. The van der Waals surface area contributed by atoms with E-state index in [4.69, 9.17) is 4.74 Å². The Morgan fingerprint density at radius 1 is 1.32 bits per heavy atom. The van der Waals surface area contributed by atoms with Gasteiger partial charge in [-0.25, -0.2) is 9.37 Å². The van der Waals surface area contributed by atoms with Crippen molar-refractivity contribution in [2.24, 2.45) is 0 Å². The van der Waals surface area contributed by atoms with Crippen LogP contribution in [0, 0.1) is 5.82 Å². The van der Waals surface area contributed by atoms with Gasteiger partial charge in [0, 0.05) is 12.2 Å². The number of benzene rings is 1. The van der Waals surface area contributed by atoms with Gasteiger partial charge in [0.15, 0.2) is 0 Å². The van der Waals surface area contributed by atoms with Gasteiger partial charge in [-0.05, 0) is 43.2 Å². The maximum Gasteiger partial charge on any atom is 0.237 e. The van der Waals surface area contributed by atoms with Crippen molar-refractivity contribution >= 4 is 5.69 Å². The third kappa shape index (κ3) is 3.68. The summed E-state index contributed by atoms with van der Waals surface area (Å²) in [6, 6.07) is 10.6. The number of nitrogens with one attached hydrogen (secondary N) is 1. The van der Waals surface area contributed by atoms with E-state index in [0.717, 1.165) is 17.7 Å². The zero-order valence-corrected chi connectivity index (χ0v) is 11.1. The number of hydrogen-bond acceptors (Lipinski definition) is 3. The summed E-state index contributed by atoms with van der Waals surface area (Å²) in [5.41, 5.74) is 1.80. The fourth-order valence-electron chi connectivity index (χ4n) is 2.00. The Morgan fingerprint density at radius 2 is 2.16 bits per heavy atom. The minimum absolute atomic E-state index is 0.153. The van der Waals surface area contributed by atoms with E-state index in [2.05, 4.69) is 10.3 Å². The molecule has 1 unspecified atom stereocenters. The molecule has 100 valence electrons. The quantitative estimate of drug-likeness (QED) is 0.896. The Morgan fingerprint density at radius 3 is 2.89 bits per heavy atom. The van der Waals surface area contributed by atoms with Gasteiger partial charge in [-0.3, -0.25) is 0 Å². The van der Waals surface area contributed by atoms with Crippen molar-refractivity contribution in [3.63, 3.8) is 0 Å². The number of anilines is 1. The maximum absolute atomic E-state index is 13.1. The first kappa shape index (κ1) is 13.3. The number of rotatable bonds is 5. The highest BCUT2D eigenvalue weighted by Crippen LogP contribution is 2.21. The van der Waals surface area contributed by atoms with E-state index in [9.17, 15) is 4.39 Å². The van der Waals surface area contributed by atoms with Gasteiger partial charge in [0.25, 0.3) is 0 Å². The van der Waals surface area contributed by atoms with Crippen LogP contribution in [0.2, 0.25) is 0 Å². The summed E-state index contributed by atoms with van der Waals surface area (Å²) in [5.74, 6) is 0.359. The van der Waals surface area contributed by atoms with E-state index >= 15 is 0 Å². The highest BCUT2D eigenvalue weighted by atomic mass is 19.1. The van der Waals surface area contributed by atoms with Crippen LogP contribution < -0.4 is 10.1 Å². The molecule has 0 amide bonds. The van der Waals surface area contributed by atoms with Gasteiger partial charge in [-0.2, -0.15) is 0 Å². The molecule has 1 heterocycles. The molecule has 1 aromatic heterocycles. The Balaban J connectivity index is 2.03. The Kier molecular flexibility index (Phi) is 4.34. The molecule has 0 saturated carbocycles. The van der Waals surface area contributed by atoms with Crippen LogP contribution in [0.1, 0.15) is 12.5 Å². The molecule has 0 fully saturated rings. The summed E-state index contributed by atoms with van der Waals surface area (Å²) in [7, 11) is 1.59. The fourth-order valence-corrected chi connectivity index (χ4v) is 2.00. The standard InChI is InChI=1S/C15H17FN2O/c1-11(9-12-5-3-6-13(16)10-12)18-14-7-4-8-17-15(14)19-2/h3-8,10-11,18H,9H2,1-2H3. The lowest BCUT2D eigenvalue weighted by atomic mass is 10.1. The Labute approximate surface area is 112 Å². The zero-order valence-electron chi connectivity index (χ0n) is 11.1. The van der Waals surface area contributed by atoms with Crippen molar-refractivity contribution in [3.8, 4) is 5.88 Å². The van der Waals surface area contributed by atoms with Gasteiger partial charge in [-0.15, -0.1) is 0 Å². The van der Waals surface area contributed by atoms with Crippen molar-refractivity contribution < 1.29 is 9.13 Å². The number of pyridine rings is 1. The van der Waals surface area contributed by atoms with Gasteiger partial charge in [0.05, 0.1) is 12.8 Å². The monoisotopic (exact) mass is 260 g/mol. The first-order valence-corrected chi connectivity index (χ1v) is 6.19. The number of hydrogen-bond donors (Lipinski definition) is 1. The van der Waals surface area contributed by atoms with Crippen molar-refractivity contribution in [1.29, 1.82) is 0 Å². The van der Waals surface area contributed by atoms with E-state index in [1.165, 1.54) is 6.07 Å². The van der Waals surface area contributed by atoms with Crippen LogP contribution in [-0.4, -0.2) is 18.1 Å². The average Bonchev–Trinajstić information content (AvgIpc) is 2.39. The second-order valence-electron chi connectivity index (χ2n) is 4.44. The van der Waals surface area contributed by atoms with Crippen LogP contribution in [0.4, 0.5) is 10.1 Å². The molecular weight excluding hydrogens is 243 g/mol. The van der Waals surface area contributed by atoms with Crippen molar-refractivity contribution in [2.75, 3.05) is 12.4 Å². The number of methoxy groups -OCH3 is 1. The van der Waals surface area contributed by atoms with Crippen molar-refractivity contribution in [3.05, 3.63) is 54.0 Å². The summed E-state index contributed by atoms with van der Waals surface area (Å²) in [6.45, 7) is 2.04. The first-order valence-electron chi connectivity index (χ1n) is 6.19. The number of halogens is 1. The first-order chi connectivity index (χ1) is 9.19. The second-order valence-corrected chi connectivity index (χ2v) is 4.44. The third-order valence-electron chi connectivity index (χ3n) is 2.80. The SMILES string of the molecule is COc1ncccc1NC(C)Cc1cccc(F)c1. The predicted octanol–water partition coefficient (Wildman–Crippen LogP) is 3.27. The van der Waals surface area contributed by atoms with Gasteiger partial charge >= 0.3 is 0 Å². The summed E-state index contributed by atoms with van der Waals surface area (Å²) in [5, 5.41) is 3.32. The molecule has 2 rings (SSSR count). The minimum atomic E-state index is -0.205. The molecule has 1 N–H and O–H groups in total. The van der Waals surface area contributed by atoms with Crippen molar-refractivity contribution in [2.45, 2.75) is 19.4 Å². The largest absolute Gasteiger partial charge is 0.480 e. The summed E-state index contributed by atoms with van der Waals surface area (Å²) in [4.78, 5) is 4.13. The lowest BCUT2D eigenvalue weighted by Crippen LogP contribution is -2.18. The Hall–Kier alpha value is -2.10. The maximum atomic E-state index is 13.1. The number of aromatic nitrogens is 1. The smallest absolute Gasteiger partial charge is 0.237 e. The molecule has 4 heteroatoms. The number of ether oxygens (including phenoxy) is 1. The van der Waals surface area contributed by atoms with E-state index in [1.54, 1.807) is 25.4 Å². The Bertz CT molecular complexity index is 545. The van der Waals surface area contributed by atoms with E-state index in [-0.39, 0.29) is 11.9 Å². The molecule has 0 spiro atoms. The normalized spacial score (nSPS) is 11.9. The molecule has 1 atom stereocenters. The molecule has 1 aromatic carbocycles. The van der Waals surface area contributed by atoms with E-state index in [0.29, 0.717) is 5.88 Å². The third-order valence-corrected chi connectivity index (χ3v) is 2.80. The van der Waals surface area contributed by atoms with Crippen LogP contribution in [0.25, 0.3) is 0 Å². The van der Waals surface area contributed by atoms with Gasteiger partial charge in [0.1, 0.15) is 5.82 Å². The molecule has 0 radical (unpaired) electrons.